The van der Waals surface area contributed by atoms with Crippen molar-refractivity contribution in [2.24, 2.45) is 0 Å². The van der Waals surface area contributed by atoms with Gasteiger partial charge in [-0.25, -0.2) is 4.39 Å². The number of alkyl halides is 1. The highest BCUT2D eigenvalue weighted by atomic mass is 35.5. The molecule has 96 valence electrons. The van der Waals surface area contributed by atoms with Gasteiger partial charge in [0.25, 0.3) is 0 Å². The average Bonchev–Trinajstić information content (AvgIpc) is 2.67. The Morgan fingerprint density at radius 3 is 2.61 bits per heavy atom. The SMILES string of the molecule is COc1cccc(F)c1C(Cl)c1cc(C)sc1C. The number of benzene rings is 1. The maximum atomic E-state index is 14.0. The second-order valence-corrected chi connectivity index (χ2v) is 5.98. The topological polar surface area (TPSA) is 9.23 Å². The molecule has 0 fully saturated rings. The predicted octanol–water partition coefficient (Wildman–Crippen LogP) is 4.84. The first-order valence-corrected chi connectivity index (χ1v) is 6.83. The van der Waals surface area contributed by atoms with Crippen molar-refractivity contribution in [3.8, 4) is 5.75 Å². The Balaban J connectivity index is 2.52. The number of aryl methyl sites for hydroxylation is 2. The molecule has 0 bridgehead atoms. The van der Waals surface area contributed by atoms with Gasteiger partial charge in [0, 0.05) is 9.75 Å². The van der Waals surface area contributed by atoms with Gasteiger partial charge in [-0.05, 0) is 37.6 Å². The van der Waals surface area contributed by atoms with Gasteiger partial charge in [-0.3, -0.25) is 0 Å². The van der Waals surface area contributed by atoms with Crippen LogP contribution in [0.4, 0.5) is 4.39 Å². The predicted molar refractivity (Wildman–Crippen MR) is 74.4 cm³/mol. The maximum absolute atomic E-state index is 14.0. The number of rotatable bonds is 3. The van der Waals surface area contributed by atoms with Crippen molar-refractivity contribution in [1.82, 2.24) is 0 Å². The van der Waals surface area contributed by atoms with Gasteiger partial charge in [-0.1, -0.05) is 6.07 Å². The Morgan fingerprint density at radius 1 is 1.33 bits per heavy atom. The Morgan fingerprint density at radius 2 is 2.06 bits per heavy atom. The molecule has 0 saturated carbocycles. The monoisotopic (exact) mass is 284 g/mol. The summed E-state index contributed by atoms with van der Waals surface area (Å²) in [6, 6.07) is 6.75. The van der Waals surface area contributed by atoms with Crippen LogP contribution in [0.25, 0.3) is 0 Å². The van der Waals surface area contributed by atoms with E-state index in [1.165, 1.54) is 18.1 Å². The third kappa shape index (κ3) is 2.38. The lowest BCUT2D eigenvalue weighted by Gasteiger charge is -2.14. The Kier molecular flexibility index (Phi) is 3.93. The molecule has 4 heteroatoms. The van der Waals surface area contributed by atoms with Gasteiger partial charge >= 0.3 is 0 Å². The fourth-order valence-electron chi connectivity index (χ4n) is 2.00. The van der Waals surface area contributed by atoms with E-state index in [2.05, 4.69) is 0 Å². The first-order chi connectivity index (χ1) is 8.54. The maximum Gasteiger partial charge on any atom is 0.131 e. The molecule has 0 aliphatic carbocycles. The average molecular weight is 285 g/mol. The van der Waals surface area contributed by atoms with Crippen molar-refractivity contribution in [2.45, 2.75) is 19.2 Å². The lowest BCUT2D eigenvalue weighted by Crippen LogP contribution is -2.01. The Labute approximate surface area is 115 Å². The van der Waals surface area contributed by atoms with Crippen molar-refractivity contribution in [3.63, 3.8) is 0 Å². The summed E-state index contributed by atoms with van der Waals surface area (Å²) in [7, 11) is 1.52. The molecule has 18 heavy (non-hydrogen) atoms. The van der Waals surface area contributed by atoms with Gasteiger partial charge in [-0.15, -0.1) is 22.9 Å². The van der Waals surface area contributed by atoms with Crippen molar-refractivity contribution in [1.29, 1.82) is 0 Å². The summed E-state index contributed by atoms with van der Waals surface area (Å²) < 4.78 is 19.1. The van der Waals surface area contributed by atoms with Gasteiger partial charge in [0.15, 0.2) is 0 Å². The zero-order valence-electron chi connectivity index (χ0n) is 10.5. The molecular weight excluding hydrogens is 271 g/mol. The van der Waals surface area contributed by atoms with E-state index in [-0.39, 0.29) is 5.82 Å². The molecule has 1 unspecified atom stereocenters. The molecule has 1 nitrogen and oxygen atoms in total. The molecule has 1 aromatic heterocycles. The quantitative estimate of drug-likeness (QED) is 0.733. The van der Waals surface area contributed by atoms with Crippen LogP contribution in [-0.2, 0) is 0 Å². The highest BCUT2D eigenvalue weighted by Crippen LogP contribution is 2.40. The molecule has 2 rings (SSSR count). The van der Waals surface area contributed by atoms with Crippen molar-refractivity contribution < 1.29 is 9.13 Å². The van der Waals surface area contributed by atoms with E-state index >= 15 is 0 Å². The van der Waals surface area contributed by atoms with Crippen LogP contribution in [0.3, 0.4) is 0 Å². The molecule has 0 N–H and O–H groups in total. The van der Waals surface area contributed by atoms with E-state index in [0.717, 1.165) is 10.4 Å². The molecule has 2 aromatic rings. The van der Waals surface area contributed by atoms with Crippen LogP contribution in [0.15, 0.2) is 24.3 Å². The Bertz CT molecular complexity index is 565. The fourth-order valence-corrected chi connectivity index (χ4v) is 3.47. The molecule has 1 aromatic carbocycles. The van der Waals surface area contributed by atoms with Gasteiger partial charge in [0.2, 0.25) is 0 Å². The van der Waals surface area contributed by atoms with Crippen molar-refractivity contribution in [2.75, 3.05) is 7.11 Å². The zero-order chi connectivity index (χ0) is 13.3. The highest BCUT2D eigenvalue weighted by Gasteiger charge is 2.22. The smallest absolute Gasteiger partial charge is 0.131 e. The lowest BCUT2D eigenvalue weighted by molar-refractivity contribution is 0.405. The van der Waals surface area contributed by atoms with E-state index in [0.29, 0.717) is 11.3 Å². The van der Waals surface area contributed by atoms with E-state index in [1.54, 1.807) is 23.5 Å². The summed E-state index contributed by atoms with van der Waals surface area (Å²) in [4.78, 5) is 2.28. The molecule has 0 aliphatic rings. The molecular formula is C14H14ClFOS. The lowest BCUT2D eigenvalue weighted by atomic mass is 10.0. The summed E-state index contributed by atoms with van der Waals surface area (Å²) in [5.41, 5.74) is 1.35. The first kappa shape index (κ1) is 13.4. The van der Waals surface area contributed by atoms with Crippen LogP contribution >= 0.6 is 22.9 Å². The number of halogens is 2. The van der Waals surface area contributed by atoms with Gasteiger partial charge in [-0.2, -0.15) is 0 Å². The molecule has 0 amide bonds. The minimum Gasteiger partial charge on any atom is -0.496 e. The summed E-state index contributed by atoms with van der Waals surface area (Å²) in [5.74, 6) is 0.149. The van der Waals surface area contributed by atoms with E-state index < -0.39 is 5.38 Å². The zero-order valence-corrected chi connectivity index (χ0v) is 12.0. The number of ether oxygens (including phenoxy) is 1. The molecule has 0 saturated heterocycles. The second kappa shape index (κ2) is 5.29. The third-order valence-electron chi connectivity index (χ3n) is 2.84. The second-order valence-electron chi connectivity index (χ2n) is 4.09. The minimum absolute atomic E-state index is 0.336. The van der Waals surface area contributed by atoms with Crippen LogP contribution in [0.5, 0.6) is 5.75 Å². The summed E-state index contributed by atoms with van der Waals surface area (Å²) in [6.07, 6.45) is 0. The van der Waals surface area contributed by atoms with Gasteiger partial charge in [0.05, 0.1) is 18.1 Å². The molecule has 1 heterocycles. The van der Waals surface area contributed by atoms with Crippen LogP contribution in [-0.4, -0.2) is 7.11 Å². The number of hydrogen-bond acceptors (Lipinski definition) is 2. The minimum atomic E-state index is -0.522. The molecule has 1 atom stereocenters. The molecule has 0 spiro atoms. The molecule has 0 radical (unpaired) electrons. The summed E-state index contributed by atoms with van der Waals surface area (Å²) in [6.45, 7) is 4.01. The standard InChI is InChI=1S/C14H14ClFOS/c1-8-7-10(9(2)18-8)14(15)13-11(16)5-4-6-12(13)17-3/h4-7,14H,1-3H3. The van der Waals surface area contributed by atoms with Crippen LogP contribution in [0.2, 0.25) is 0 Å². The van der Waals surface area contributed by atoms with Crippen molar-refractivity contribution >= 4 is 22.9 Å². The number of thiophene rings is 1. The van der Waals surface area contributed by atoms with Gasteiger partial charge in [0.1, 0.15) is 11.6 Å². The van der Waals surface area contributed by atoms with E-state index in [4.69, 9.17) is 16.3 Å². The van der Waals surface area contributed by atoms with E-state index in [9.17, 15) is 4.39 Å². The van der Waals surface area contributed by atoms with Crippen molar-refractivity contribution in [3.05, 3.63) is 51.0 Å². The third-order valence-corrected chi connectivity index (χ3v) is 4.27. The fraction of sp³-hybridized carbons (Fsp3) is 0.286. The first-order valence-electron chi connectivity index (χ1n) is 5.58. The number of methoxy groups -OCH3 is 1. The Hall–Kier alpha value is -1.06. The van der Waals surface area contributed by atoms with E-state index in [1.807, 2.05) is 19.9 Å². The van der Waals surface area contributed by atoms with Crippen LogP contribution in [0, 0.1) is 19.7 Å². The van der Waals surface area contributed by atoms with Crippen LogP contribution in [0.1, 0.15) is 26.3 Å². The molecule has 0 aliphatic heterocycles. The highest BCUT2D eigenvalue weighted by molar-refractivity contribution is 7.12. The largest absolute Gasteiger partial charge is 0.496 e. The van der Waals surface area contributed by atoms with Crippen LogP contribution < -0.4 is 4.74 Å². The summed E-state index contributed by atoms with van der Waals surface area (Å²) in [5, 5.41) is -0.522. The normalized spacial score (nSPS) is 12.5. The summed E-state index contributed by atoms with van der Waals surface area (Å²) >= 11 is 8.09. The van der Waals surface area contributed by atoms with Gasteiger partial charge < -0.3 is 4.74 Å². The number of hydrogen-bond donors (Lipinski definition) is 0.